The molecular formula is C22H20N2O2. The fourth-order valence-electron chi connectivity index (χ4n) is 5.73. The zero-order chi connectivity index (χ0) is 17.5. The van der Waals surface area contributed by atoms with Crippen molar-refractivity contribution in [3.05, 3.63) is 58.9 Å². The number of ether oxygens (including phenoxy) is 1. The highest BCUT2D eigenvalue weighted by atomic mass is 16.5. The van der Waals surface area contributed by atoms with Crippen molar-refractivity contribution in [2.24, 2.45) is 5.41 Å². The Morgan fingerprint density at radius 3 is 2.46 bits per heavy atom. The number of aromatic nitrogens is 2. The molecule has 1 saturated carbocycles. The Morgan fingerprint density at radius 1 is 1.00 bits per heavy atom. The van der Waals surface area contributed by atoms with Crippen LogP contribution in [0.1, 0.15) is 35.4 Å². The summed E-state index contributed by atoms with van der Waals surface area (Å²) < 4.78 is 5.40. The van der Waals surface area contributed by atoms with E-state index in [2.05, 4.69) is 6.07 Å². The van der Waals surface area contributed by atoms with Crippen LogP contribution in [-0.4, -0.2) is 22.2 Å². The van der Waals surface area contributed by atoms with Crippen LogP contribution in [0.25, 0.3) is 11.0 Å². The van der Waals surface area contributed by atoms with Gasteiger partial charge >= 0.3 is 0 Å². The molecule has 2 aromatic carbocycles. The van der Waals surface area contributed by atoms with Gasteiger partial charge in [0.2, 0.25) is 0 Å². The number of phenolic OH excluding ortho intramolecular Hbond substituents is 1. The lowest BCUT2D eigenvalue weighted by Gasteiger charge is -2.37. The first-order chi connectivity index (χ1) is 12.7. The van der Waals surface area contributed by atoms with E-state index in [1.54, 1.807) is 7.11 Å². The van der Waals surface area contributed by atoms with Crippen molar-refractivity contribution < 1.29 is 9.84 Å². The van der Waals surface area contributed by atoms with E-state index in [0.29, 0.717) is 11.5 Å². The molecule has 3 aromatic rings. The van der Waals surface area contributed by atoms with Crippen LogP contribution >= 0.6 is 0 Å². The summed E-state index contributed by atoms with van der Waals surface area (Å²) in [5.41, 5.74) is 6.82. The summed E-state index contributed by atoms with van der Waals surface area (Å²) in [6.45, 7) is 0. The summed E-state index contributed by atoms with van der Waals surface area (Å²) >= 11 is 0. The molecule has 4 heteroatoms. The van der Waals surface area contributed by atoms with Crippen LogP contribution < -0.4 is 4.74 Å². The number of hydrogen-bond donors (Lipinski definition) is 1. The fraction of sp³-hybridized carbons (Fsp3) is 0.364. The van der Waals surface area contributed by atoms with Gasteiger partial charge in [-0.1, -0.05) is 18.2 Å². The minimum Gasteiger partial charge on any atom is -0.504 e. The summed E-state index contributed by atoms with van der Waals surface area (Å²) in [7, 11) is 1.62. The molecule has 130 valence electrons. The summed E-state index contributed by atoms with van der Waals surface area (Å²) in [5, 5.41) is 10.9. The van der Waals surface area contributed by atoms with Crippen molar-refractivity contribution in [2.75, 3.05) is 7.11 Å². The molecule has 0 unspecified atom stereocenters. The Balaban J connectivity index is 1.56. The molecule has 4 nitrogen and oxygen atoms in total. The third kappa shape index (κ3) is 1.61. The van der Waals surface area contributed by atoms with Crippen LogP contribution in [0.3, 0.4) is 0 Å². The predicted molar refractivity (Wildman–Crippen MR) is 98.7 cm³/mol. The van der Waals surface area contributed by atoms with Crippen molar-refractivity contribution in [3.63, 3.8) is 0 Å². The number of aromatic hydroxyl groups is 1. The maximum Gasteiger partial charge on any atom is 0.161 e. The lowest BCUT2D eigenvalue weighted by Crippen LogP contribution is -2.34. The number of benzene rings is 2. The van der Waals surface area contributed by atoms with Crippen LogP contribution in [0.15, 0.2) is 36.4 Å². The van der Waals surface area contributed by atoms with Gasteiger partial charge in [-0.2, -0.15) is 0 Å². The van der Waals surface area contributed by atoms with Gasteiger partial charge in [-0.25, -0.2) is 9.97 Å². The number of phenols is 1. The molecule has 3 aliphatic carbocycles. The first-order valence-corrected chi connectivity index (χ1v) is 9.30. The predicted octanol–water partition coefficient (Wildman–Crippen LogP) is 3.72. The van der Waals surface area contributed by atoms with Gasteiger partial charge in [0.05, 0.1) is 29.5 Å². The normalized spacial score (nSPS) is 27.9. The molecule has 1 aromatic heterocycles. The zero-order valence-electron chi connectivity index (χ0n) is 14.7. The number of hydrogen-bond acceptors (Lipinski definition) is 4. The van der Waals surface area contributed by atoms with Crippen molar-refractivity contribution in [1.82, 2.24) is 9.97 Å². The van der Waals surface area contributed by atoms with Crippen molar-refractivity contribution in [1.29, 1.82) is 0 Å². The average molecular weight is 344 g/mol. The van der Waals surface area contributed by atoms with Crippen LogP contribution in [0.2, 0.25) is 0 Å². The van der Waals surface area contributed by atoms with Gasteiger partial charge < -0.3 is 9.84 Å². The highest BCUT2D eigenvalue weighted by molar-refractivity contribution is 5.75. The Labute approximate surface area is 151 Å². The molecule has 2 atom stereocenters. The third-order valence-corrected chi connectivity index (χ3v) is 7.03. The topological polar surface area (TPSA) is 55.2 Å². The Hall–Kier alpha value is -2.62. The minimum atomic E-state index is 0.00332. The maximum absolute atomic E-state index is 10.9. The van der Waals surface area contributed by atoms with E-state index < -0.39 is 0 Å². The Kier molecular flexibility index (Phi) is 2.55. The summed E-state index contributed by atoms with van der Waals surface area (Å²) in [6.07, 6.45) is 5.14. The molecule has 26 heavy (non-hydrogen) atoms. The van der Waals surface area contributed by atoms with E-state index in [0.717, 1.165) is 53.7 Å². The zero-order valence-corrected chi connectivity index (χ0v) is 14.7. The van der Waals surface area contributed by atoms with E-state index in [9.17, 15) is 5.11 Å². The van der Waals surface area contributed by atoms with Crippen molar-refractivity contribution >= 4 is 11.0 Å². The molecule has 0 spiro atoms. The average Bonchev–Trinajstić information content (AvgIpc) is 3.32. The standard InChI is InChI=1S/C22H20N2O2/c1-26-18-7-6-13-8-9-21-10-16-17(11-22(21,12-21)19(13)20(18)25)24-15-5-3-2-4-14(15)23-16/h2-7,25H,8-12H2,1H3/t21-,22+/m0/s1. The van der Waals surface area contributed by atoms with E-state index in [1.165, 1.54) is 12.0 Å². The Bertz CT molecular complexity index is 1090. The first-order valence-electron chi connectivity index (χ1n) is 9.30. The van der Waals surface area contributed by atoms with Gasteiger partial charge in [0, 0.05) is 17.4 Å². The summed E-state index contributed by atoms with van der Waals surface area (Å²) in [5.74, 6) is 0.917. The molecule has 1 heterocycles. The van der Waals surface area contributed by atoms with Gasteiger partial charge in [-0.3, -0.25) is 0 Å². The molecule has 0 radical (unpaired) electrons. The minimum absolute atomic E-state index is 0.00332. The van der Waals surface area contributed by atoms with Crippen molar-refractivity contribution in [3.8, 4) is 11.5 Å². The molecule has 6 rings (SSSR count). The lowest BCUT2D eigenvalue weighted by atomic mass is 9.68. The van der Waals surface area contributed by atoms with Crippen LogP contribution in [0, 0.1) is 5.41 Å². The van der Waals surface area contributed by atoms with Gasteiger partial charge in [0.1, 0.15) is 0 Å². The van der Waals surface area contributed by atoms with E-state index in [1.807, 2.05) is 30.3 Å². The highest BCUT2D eigenvalue weighted by Gasteiger charge is 2.72. The number of fused-ring (bicyclic) bond motifs is 3. The number of rotatable bonds is 1. The maximum atomic E-state index is 10.9. The molecule has 0 saturated heterocycles. The molecular weight excluding hydrogens is 324 g/mol. The fourth-order valence-corrected chi connectivity index (χ4v) is 5.73. The first kappa shape index (κ1) is 14.5. The number of aryl methyl sites for hydroxylation is 1. The number of nitrogens with zero attached hydrogens (tertiary/aromatic N) is 2. The van der Waals surface area contributed by atoms with E-state index in [-0.39, 0.29) is 10.8 Å². The Morgan fingerprint density at radius 2 is 1.73 bits per heavy atom. The highest BCUT2D eigenvalue weighted by Crippen LogP contribution is 2.75. The lowest BCUT2D eigenvalue weighted by molar-refractivity contribution is 0.314. The molecule has 1 fully saturated rings. The van der Waals surface area contributed by atoms with Crippen LogP contribution in [0.5, 0.6) is 11.5 Å². The van der Waals surface area contributed by atoms with Crippen LogP contribution in [0.4, 0.5) is 0 Å². The summed E-state index contributed by atoms with van der Waals surface area (Å²) in [6, 6.07) is 12.1. The SMILES string of the molecule is COc1ccc2c(c1O)[C@]13Cc4nc5ccccc5nc4C[C@@]1(CC2)C3. The smallest absolute Gasteiger partial charge is 0.161 e. The largest absolute Gasteiger partial charge is 0.504 e. The van der Waals surface area contributed by atoms with Gasteiger partial charge in [0.15, 0.2) is 11.5 Å². The second-order valence-corrected chi connectivity index (χ2v) is 8.15. The molecule has 0 aliphatic heterocycles. The molecule has 0 amide bonds. The van der Waals surface area contributed by atoms with Gasteiger partial charge in [-0.15, -0.1) is 0 Å². The van der Waals surface area contributed by atoms with Gasteiger partial charge in [-0.05, 0) is 54.9 Å². The number of para-hydroxylation sites is 2. The molecule has 1 N–H and O–H groups in total. The third-order valence-electron chi connectivity index (χ3n) is 7.03. The quantitative estimate of drug-likeness (QED) is 0.731. The summed E-state index contributed by atoms with van der Waals surface area (Å²) in [4.78, 5) is 9.88. The van der Waals surface area contributed by atoms with E-state index in [4.69, 9.17) is 14.7 Å². The number of methoxy groups -OCH3 is 1. The van der Waals surface area contributed by atoms with Gasteiger partial charge in [0.25, 0.3) is 0 Å². The second-order valence-electron chi connectivity index (χ2n) is 8.15. The van der Waals surface area contributed by atoms with Crippen molar-refractivity contribution in [2.45, 2.75) is 37.5 Å². The monoisotopic (exact) mass is 344 g/mol. The second kappa shape index (κ2) is 4.56. The van der Waals surface area contributed by atoms with Crippen LogP contribution in [-0.2, 0) is 24.7 Å². The van der Waals surface area contributed by atoms with E-state index >= 15 is 0 Å². The molecule has 3 aliphatic rings. The molecule has 0 bridgehead atoms.